The second-order valence-electron chi connectivity index (χ2n) is 5.19. The molecule has 3 nitrogen and oxygen atoms in total. The van der Waals surface area contributed by atoms with Gasteiger partial charge in [0.15, 0.2) is 0 Å². The van der Waals surface area contributed by atoms with E-state index < -0.39 is 11.7 Å². The summed E-state index contributed by atoms with van der Waals surface area (Å²) in [6.07, 6.45) is -4.72. The van der Waals surface area contributed by atoms with E-state index in [-0.39, 0.29) is 17.5 Å². The number of anilines is 2. The third kappa shape index (κ3) is 4.39. The van der Waals surface area contributed by atoms with Gasteiger partial charge in [-0.05, 0) is 56.3 Å². The van der Waals surface area contributed by atoms with Crippen LogP contribution in [0.25, 0.3) is 0 Å². The first-order valence-electron chi connectivity index (χ1n) is 6.94. The van der Waals surface area contributed by atoms with Gasteiger partial charge in [0.25, 0.3) is 0 Å². The lowest BCUT2D eigenvalue weighted by Gasteiger charge is -2.17. The topological polar surface area (TPSA) is 45.0 Å². The number of alkyl halides is 3. The van der Waals surface area contributed by atoms with E-state index in [1.165, 1.54) is 24.3 Å². The maximum absolute atomic E-state index is 13.2. The SMILES string of the molecule is CC(C)Oc1ccc(Nc2ccc(C#N)cc2)c(C(F)(F)F)c1. The molecule has 0 aliphatic rings. The Kier molecular flexibility index (Phi) is 4.80. The van der Waals surface area contributed by atoms with Gasteiger partial charge in [-0.2, -0.15) is 18.4 Å². The van der Waals surface area contributed by atoms with E-state index in [1.54, 1.807) is 26.0 Å². The molecule has 2 aromatic carbocycles. The molecular weight excluding hydrogens is 305 g/mol. The predicted octanol–water partition coefficient (Wildman–Crippen LogP) is 5.11. The van der Waals surface area contributed by atoms with Crippen molar-refractivity contribution in [2.75, 3.05) is 5.32 Å². The molecule has 0 bridgehead atoms. The van der Waals surface area contributed by atoms with E-state index in [1.807, 2.05) is 6.07 Å². The molecule has 2 rings (SSSR count). The number of nitrogens with one attached hydrogen (secondary N) is 1. The predicted molar refractivity (Wildman–Crippen MR) is 81.6 cm³/mol. The molecule has 0 unspecified atom stereocenters. The van der Waals surface area contributed by atoms with Gasteiger partial charge in [-0.1, -0.05) is 0 Å². The minimum absolute atomic E-state index is 0.0710. The average Bonchev–Trinajstić information content (AvgIpc) is 2.48. The van der Waals surface area contributed by atoms with Gasteiger partial charge in [-0.3, -0.25) is 0 Å². The molecule has 0 aliphatic heterocycles. The summed E-state index contributed by atoms with van der Waals surface area (Å²) in [5, 5.41) is 11.5. The van der Waals surface area contributed by atoms with E-state index >= 15 is 0 Å². The molecule has 0 atom stereocenters. The summed E-state index contributed by atoms with van der Waals surface area (Å²) in [4.78, 5) is 0. The summed E-state index contributed by atoms with van der Waals surface area (Å²) in [6, 6.07) is 11.9. The third-order valence-electron chi connectivity index (χ3n) is 2.96. The van der Waals surface area contributed by atoms with Gasteiger partial charge in [0.1, 0.15) is 5.75 Å². The molecule has 0 amide bonds. The number of nitriles is 1. The van der Waals surface area contributed by atoms with Crippen molar-refractivity contribution in [3.63, 3.8) is 0 Å². The highest BCUT2D eigenvalue weighted by atomic mass is 19.4. The standard InChI is InChI=1S/C17H15F3N2O/c1-11(2)23-14-7-8-16(15(9-14)17(18,19)20)22-13-5-3-12(10-21)4-6-13/h3-9,11,22H,1-2H3. The summed E-state index contributed by atoms with van der Waals surface area (Å²) in [6.45, 7) is 3.49. The molecule has 2 aromatic rings. The van der Waals surface area contributed by atoms with Gasteiger partial charge >= 0.3 is 6.18 Å². The van der Waals surface area contributed by atoms with Gasteiger partial charge in [-0.25, -0.2) is 0 Å². The molecule has 0 radical (unpaired) electrons. The van der Waals surface area contributed by atoms with E-state index in [0.29, 0.717) is 11.3 Å². The van der Waals surface area contributed by atoms with Crippen LogP contribution >= 0.6 is 0 Å². The van der Waals surface area contributed by atoms with Crippen LogP contribution < -0.4 is 10.1 Å². The second kappa shape index (κ2) is 6.61. The molecule has 0 spiro atoms. The molecule has 6 heteroatoms. The number of benzene rings is 2. The second-order valence-corrected chi connectivity index (χ2v) is 5.19. The maximum Gasteiger partial charge on any atom is 0.418 e. The zero-order valence-electron chi connectivity index (χ0n) is 12.6. The monoisotopic (exact) mass is 320 g/mol. The molecule has 1 N–H and O–H groups in total. The van der Waals surface area contributed by atoms with Crippen molar-refractivity contribution in [1.29, 1.82) is 5.26 Å². The normalized spacial score (nSPS) is 11.2. The van der Waals surface area contributed by atoms with Crippen molar-refractivity contribution >= 4 is 11.4 Å². The molecular formula is C17H15F3N2O. The average molecular weight is 320 g/mol. The summed E-state index contributed by atoms with van der Waals surface area (Å²) in [5.74, 6) is 0.165. The van der Waals surface area contributed by atoms with Crippen molar-refractivity contribution < 1.29 is 17.9 Å². The van der Waals surface area contributed by atoms with Crippen molar-refractivity contribution in [2.45, 2.75) is 26.1 Å². The Balaban J connectivity index is 2.34. The van der Waals surface area contributed by atoms with Crippen LogP contribution in [0.4, 0.5) is 24.5 Å². The number of nitrogens with zero attached hydrogens (tertiary/aromatic N) is 1. The quantitative estimate of drug-likeness (QED) is 0.851. The molecule has 23 heavy (non-hydrogen) atoms. The molecule has 0 saturated carbocycles. The first-order chi connectivity index (χ1) is 10.8. The lowest BCUT2D eigenvalue weighted by Crippen LogP contribution is -2.11. The summed E-state index contributed by atoms with van der Waals surface area (Å²) >= 11 is 0. The molecule has 0 heterocycles. The van der Waals surface area contributed by atoms with Gasteiger partial charge < -0.3 is 10.1 Å². The highest BCUT2D eigenvalue weighted by Gasteiger charge is 2.34. The van der Waals surface area contributed by atoms with Crippen LogP contribution in [0, 0.1) is 11.3 Å². The first kappa shape index (κ1) is 16.7. The van der Waals surface area contributed by atoms with Crippen LogP contribution in [0.15, 0.2) is 42.5 Å². The van der Waals surface area contributed by atoms with Gasteiger partial charge in [0.05, 0.1) is 29.0 Å². The molecule has 0 aromatic heterocycles. The van der Waals surface area contributed by atoms with Crippen molar-refractivity contribution in [3.8, 4) is 11.8 Å². The van der Waals surface area contributed by atoms with Crippen LogP contribution in [0.3, 0.4) is 0 Å². The number of hydrogen-bond donors (Lipinski definition) is 1. The Labute approximate surface area is 132 Å². The van der Waals surface area contributed by atoms with Crippen molar-refractivity contribution in [1.82, 2.24) is 0 Å². The number of halogens is 3. The van der Waals surface area contributed by atoms with Crippen LogP contribution in [0.2, 0.25) is 0 Å². The van der Waals surface area contributed by atoms with E-state index in [0.717, 1.165) is 6.07 Å². The Bertz CT molecular complexity index is 716. The number of ether oxygens (including phenoxy) is 1. The molecule has 0 saturated heterocycles. The van der Waals surface area contributed by atoms with Crippen LogP contribution in [-0.4, -0.2) is 6.10 Å². The number of hydrogen-bond acceptors (Lipinski definition) is 3. The third-order valence-corrected chi connectivity index (χ3v) is 2.96. The van der Waals surface area contributed by atoms with Crippen LogP contribution in [0.5, 0.6) is 5.75 Å². The molecule has 0 aliphatic carbocycles. The van der Waals surface area contributed by atoms with Crippen molar-refractivity contribution in [2.24, 2.45) is 0 Å². The Hall–Kier alpha value is -2.68. The van der Waals surface area contributed by atoms with Crippen molar-refractivity contribution in [3.05, 3.63) is 53.6 Å². The zero-order chi connectivity index (χ0) is 17.0. The highest BCUT2D eigenvalue weighted by molar-refractivity contribution is 5.65. The Morgan fingerprint density at radius 1 is 1.09 bits per heavy atom. The Morgan fingerprint density at radius 3 is 2.26 bits per heavy atom. The number of rotatable bonds is 4. The lowest BCUT2D eigenvalue weighted by atomic mass is 10.1. The Morgan fingerprint density at radius 2 is 1.74 bits per heavy atom. The highest BCUT2D eigenvalue weighted by Crippen LogP contribution is 2.38. The van der Waals surface area contributed by atoms with E-state index in [2.05, 4.69) is 5.32 Å². The first-order valence-corrected chi connectivity index (χ1v) is 6.94. The largest absolute Gasteiger partial charge is 0.491 e. The van der Waals surface area contributed by atoms with Gasteiger partial charge in [-0.15, -0.1) is 0 Å². The van der Waals surface area contributed by atoms with E-state index in [4.69, 9.17) is 10.00 Å². The summed E-state index contributed by atoms with van der Waals surface area (Å²) in [5.41, 5.74) is 0.0256. The molecule has 0 fully saturated rings. The van der Waals surface area contributed by atoms with Gasteiger partial charge in [0.2, 0.25) is 0 Å². The van der Waals surface area contributed by atoms with Gasteiger partial charge in [0, 0.05) is 5.69 Å². The zero-order valence-corrected chi connectivity index (χ0v) is 12.6. The minimum atomic E-state index is -4.51. The van der Waals surface area contributed by atoms with Crippen LogP contribution in [0.1, 0.15) is 25.0 Å². The smallest absolute Gasteiger partial charge is 0.418 e. The summed E-state index contributed by atoms with van der Waals surface area (Å²) in [7, 11) is 0. The molecule has 120 valence electrons. The fourth-order valence-corrected chi connectivity index (χ4v) is 2.00. The lowest BCUT2D eigenvalue weighted by molar-refractivity contribution is -0.137. The summed E-state index contributed by atoms with van der Waals surface area (Å²) < 4.78 is 45.1. The van der Waals surface area contributed by atoms with Crippen LogP contribution in [-0.2, 0) is 6.18 Å². The maximum atomic E-state index is 13.2. The fourth-order valence-electron chi connectivity index (χ4n) is 2.00. The fraction of sp³-hybridized carbons (Fsp3) is 0.235. The van der Waals surface area contributed by atoms with E-state index in [9.17, 15) is 13.2 Å². The minimum Gasteiger partial charge on any atom is -0.491 e.